The lowest BCUT2D eigenvalue weighted by Crippen LogP contribution is -2.64. The number of methoxy groups -OCH3 is 1. The molecule has 2 heterocycles. The Morgan fingerprint density at radius 3 is 1.11 bits per heavy atom. The van der Waals surface area contributed by atoms with Crippen molar-refractivity contribution in [1.29, 1.82) is 5.26 Å². The predicted octanol–water partition coefficient (Wildman–Crippen LogP) is 10.7. The molecule has 9 rings (SSSR count). The number of nitrogens with zero attached hydrogens (tertiary/aromatic N) is 1. The van der Waals surface area contributed by atoms with Crippen LogP contribution in [0.15, 0.2) is 206 Å². The average Bonchev–Trinajstić information content (AvgIpc) is 3.47. The van der Waals surface area contributed by atoms with Gasteiger partial charge in [0, 0.05) is 7.11 Å². The average molecular weight is 1010 g/mol. The van der Waals surface area contributed by atoms with Crippen LogP contribution in [-0.4, -0.2) is 81.7 Å². The van der Waals surface area contributed by atoms with E-state index in [9.17, 15) is 5.26 Å². The molecule has 12 heteroatoms. The zero-order valence-corrected chi connectivity index (χ0v) is 42.2. The molecule has 0 aromatic heterocycles. The zero-order chi connectivity index (χ0) is 51.3. The molecule has 75 heavy (non-hydrogen) atoms. The Balaban J connectivity index is 1.06. The molecule has 388 valence electrons. The van der Waals surface area contributed by atoms with Gasteiger partial charge >= 0.3 is 0 Å². The summed E-state index contributed by atoms with van der Waals surface area (Å²) in [6.07, 6.45) is -8.06. The number of hydrogen-bond acceptors (Lipinski definition) is 12. The molecule has 0 radical (unpaired) electrons. The third-order valence-corrected chi connectivity index (χ3v) is 13.2. The van der Waals surface area contributed by atoms with Crippen molar-refractivity contribution in [3.05, 3.63) is 251 Å². The first-order chi connectivity index (χ1) is 37.1. The Labute approximate surface area is 440 Å². The lowest BCUT2D eigenvalue weighted by atomic mass is 9.96. The van der Waals surface area contributed by atoms with Crippen LogP contribution in [-0.2, 0) is 98.4 Å². The number of nitriles is 1. The Bertz CT molecular complexity index is 2740. The van der Waals surface area contributed by atoms with Crippen molar-refractivity contribution in [3.8, 4) is 6.07 Å². The van der Waals surface area contributed by atoms with Crippen LogP contribution in [0.4, 0.5) is 0 Å². The normalized spacial score (nSPS) is 23.6. The number of ether oxygens (including phenoxy) is 11. The standard InChI is InChI=1S/C63H65NO11/c1-65-62-60(71-42-51-32-18-7-19-33-51)58(69-40-49-28-14-5-15-29-49)57(68-39-48-26-12-4-13-27-48)55(74-62)45-73-63-61(72-43-53-35-21-20-34-52(53)36-64)59(70-41-50-30-16-6-17-31-50)56(67-38-47-24-10-3-11-25-47)54(75-63)44-66-37-46-22-8-2-9-23-46/h2-35,54-63H,37-45H2,1H3/t54-,55-,56-,57-,58+,59+,60-,61-,62+,63-/m1/s1. The summed E-state index contributed by atoms with van der Waals surface area (Å²) < 4.78 is 75.1. The molecule has 0 spiro atoms. The molecule has 0 amide bonds. The van der Waals surface area contributed by atoms with Crippen LogP contribution in [0.1, 0.15) is 44.5 Å². The van der Waals surface area contributed by atoms with Gasteiger partial charge in [0.1, 0.15) is 48.8 Å². The van der Waals surface area contributed by atoms with Crippen molar-refractivity contribution in [2.24, 2.45) is 0 Å². The predicted molar refractivity (Wildman–Crippen MR) is 281 cm³/mol. The SMILES string of the molecule is CO[C@H]1O[C@H](CO[C@@H]2O[C@H](COCc3ccccc3)[C@@H](OCc3ccccc3)[C@H](OCc3ccccc3)[C@H]2OCc2ccccc2C#N)[C@@H](OCc2ccccc2)[C@H](OCc2ccccc2)[C@H]1OCc1ccccc1. The van der Waals surface area contributed by atoms with Crippen LogP contribution in [0.25, 0.3) is 0 Å². The van der Waals surface area contributed by atoms with E-state index in [-0.39, 0.29) is 52.9 Å². The minimum Gasteiger partial charge on any atom is -0.374 e. The fraction of sp³-hybridized carbons (Fsp3) is 0.317. The van der Waals surface area contributed by atoms with Gasteiger partial charge in [0.15, 0.2) is 12.6 Å². The van der Waals surface area contributed by atoms with E-state index < -0.39 is 61.4 Å². The molecule has 7 aromatic rings. The van der Waals surface area contributed by atoms with Crippen LogP contribution >= 0.6 is 0 Å². The summed E-state index contributed by atoms with van der Waals surface area (Å²) in [5.74, 6) is 0. The molecule has 0 unspecified atom stereocenters. The molecule has 2 saturated heterocycles. The topological polar surface area (TPSA) is 125 Å². The van der Waals surface area contributed by atoms with Crippen LogP contribution < -0.4 is 0 Å². The molecule has 10 atom stereocenters. The van der Waals surface area contributed by atoms with Gasteiger partial charge in [-0.15, -0.1) is 0 Å². The van der Waals surface area contributed by atoms with E-state index in [2.05, 4.69) is 6.07 Å². The highest BCUT2D eigenvalue weighted by Crippen LogP contribution is 2.35. The minimum atomic E-state index is -1.09. The van der Waals surface area contributed by atoms with Gasteiger partial charge in [0.25, 0.3) is 0 Å². The van der Waals surface area contributed by atoms with E-state index in [1.807, 2.05) is 200 Å². The van der Waals surface area contributed by atoms with Gasteiger partial charge in [-0.25, -0.2) is 0 Å². The van der Waals surface area contributed by atoms with Gasteiger partial charge in [0.2, 0.25) is 0 Å². The smallest absolute Gasteiger partial charge is 0.187 e. The number of hydrogen-bond donors (Lipinski definition) is 0. The van der Waals surface area contributed by atoms with E-state index in [0.29, 0.717) is 17.7 Å². The van der Waals surface area contributed by atoms with Crippen molar-refractivity contribution >= 4 is 0 Å². The third-order valence-electron chi connectivity index (χ3n) is 13.2. The summed E-state index contributed by atoms with van der Waals surface area (Å²) in [6.45, 7) is 1.75. The summed E-state index contributed by atoms with van der Waals surface area (Å²) in [5.41, 5.74) is 7.06. The summed E-state index contributed by atoms with van der Waals surface area (Å²) in [7, 11) is 1.60. The van der Waals surface area contributed by atoms with Crippen LogP contribution in [0.3, 0.4) is 0 Å². The van der Waals surface area contributed by atoms with Crippen molar-refractivity contribution in [3.63, 3.8) is 0 Å². The van der Waals surface area contributed by atoms with Gasteiger partial charge in [-0.05, 0) is 45.0 Å². The van der Waals surface area contributed by atoms with Crippen LogP contribution in [0, 0.1) is 11.3 Å². The monoisotopic (exact) mass is 1010 g/mol. The first-order valence-corrected chi connectivity index (χ1v) is 25.6. The highest BCUT2D eigenvalue weighted by molar-refractivity contribution is 5.37. The van der Waals surface area contributed by atoms with Crippen molar-refractivity contribution in [2.45, 2.75) is 108 Å². The first-order valence-electron chi connectivity index (χ1n) is 25.6. The molecular weight excluding hydrogens is 947 g/mol. The van der Waals surface area contributed by atoms with E-state index in [4.69, 9.17) is 52.1 Å². The van der Waals surface area contributed by atoms with Crippen LogP contribution in [0.5, 0.6) is 0 Å². The highest BCUT2D eigenvalue weighted by Gasteiger charge is 2.52. The second-order valence-corrected chi connectivity index (χ2v) is 18.5. The third kappa shape index (κ3) is 15.4. The molecule has 0 aliphatic carbocycles. The van der Waals surface area contributed by atoms with Crippen molar-refractivity contribution in [2.75, 3.05) is 20.3 Å². The molecule has 0 N–H and O–H groups in total. The lowest BCUT2D eigenvalue weighted by Gasteiger charge is -2.48. The van der Waals surface area contributed by atoms with Gasteiger partial charge in [0.05, 0.1) is 71.1 Å². The van der Waals surface area contributed by atoms with E-state index >= 15 is 0 Å². The summed E-state index contributed by atoms with van der Waals surface area (Å²) in [4.78, 5) is 0. The lowest BCUT2D eigenvalue weighted by molar-refractivity contribution is -0.351. The Morgan fingerprint density at radius 1 is 0.347 bits per heavy atom. The van der Waals surface area contributed by atoms with Gasteiger partial charge in [-0.3, -0.25) is 0 Å². The Morgan fingerprint density at radius 2 is 0.680 bits per heavy atom. The number of benzene rings is 7. The summed E-state index contributed by atoms with van der Waals surface area (Å²) in [6, 6.07) is 69.5. The van der Waals surface area contributed by atoms with Gasteiger partial charge in [-0.2, -0.15) is 5.26 Å². The van der Waals surface area contributed by atoms with Gasteiger partial charge < -0.3 is 52.1 Å². The second-order valence-electron chi connectivity index (χ2n) is 18.5. The highest BCUT2D eigenvalue weighted by atomic mass is 16.7. The minimum absolute atomic E-state index is 0.0493. The summed E-state index contributed by atoms with van der Waals surface area (Å²) in [5, 5.41) is 10.2. The molecule has 2 aliphatic heterocycles. The molecule has 12 nitrogen and oxygen atoms in total. The Kier molecular flexibility index (Phi) is 20.3. The van der Waals surface area contributed by atoms with E-state index in [1.165, 1.54) is 0 Å². The number of rotatable bonds is 26. The van der Waals surface area contributed by atoms with E-state index in [1.54, 1.807) is 13.2 Å². The molecule has 7 aromatic carbocycles. The van der Waals surface area contributed by atoms with Gasteiger partial charge in [-0.1, -0.05) is 200 Å². The van der Waals surface area contributed by atoms with E-state index in [0.717, 1.165) is 33.4 Å². The maximum absolute atomic E-state index is 10.2. The fourth-order valence-corrected chi connectivity index (χ4v) is 9.32. The molecule has 0 saturated carbocycles. The fourth-order valence-electron chi connectivity index (χ4n) is 9.32. The second kappa shape index (κ2) is 28.5. The summed E-state index contributed by atoms with van der Waals surface area (Å²) >= 11 is 0. The molecule has 2 fully saturated rings. The molecule has 2 aliphatic rings. The Hall–Kier alpha value is -6.41. The maximum atomic E-state index is 10.2. The zero-order valence-electron chi connectivity index (χ0n) is 42.2. The largest absolute Gasteiger partial charge is 0.374 e. The molecule has 0 bridgehead atoms. The van der Waals surface area contributed by atoms with Crippen molar-refractivity contribution in [1.82, 2.24) is 0 Å². The first kappa shape index (κ1) is 53.4. The maximum Gasteiger partial charge on any atom is 0.187 e. The molecular formula is C63H65NO11. The van der Waals surface area contributed by atoms with Crippen LogP contribution in [0.2, 0.25) is 0 Å². The van der Waals surface area contributed by atoms with Crippen molar-refractivity contribution < 1.29 is 52.1 Å². The quantitative estimate of drug-likeness (QED) is 0.0513.